The highest BCUT2D eigenvalue weighted by molar-refractivity contribution is 7.98. The van der Waals surface area contributed by atoms with E-state index in [2.05, 4.69) is 4.98 Å². The van der Waals surface area contributed by atoms with Crippen molar-refractivity contribution in [3.05, 3.63) is 52.3 Å². The molecule has 0 aliphatic carbocycles. The van der Waals surface area contributed by atoms with E-state index in [1.54, 1.807) is 30.1 Å². The summed E-state index contributed by atoms with van der Waals surface area (Å²) in [5.74, 6) is 0.726. The molecule has 1 heterocycles. The second-order valence-corrected chi connectivity index (χ2v) is 5.30. The third-order valence-electron chi connectivity index (χ3n) is 2.11. The Morgan fingerprint density at radius 2 is 2.00 bits per heavy atom. The fourth-order valence-corrected chi connectivity index (χ4v) is 2.67. The lowest BCUT2D eigenvalue weighted by Gasteiger charge is -2.05. The van der Waals surface area contributed by atoms with Gasteiger partial charge in [0.05, 0.1) is 10.7 Å². The molecule has 0 atom stereocenters. The molecule has 0 saturated carbocycles. The summed E-state index contributed by atoms with van der Waals surface area (Å²) in [4.78, 5) is 5.22. The van der Waals surface area contributed by atoms with E-state index in [1.807, 2.05) is 18.2 Å². The van der Waals surface area contributed by atoms with Crippen molar-refractivity contribution in [2.45, 2.75) is 10.6 Å². The number of nitrogens with two attached hydrogens (primary N) is 1. The van der Waals surface area contributed by atoms with E-state index in [1.165, 1.54) is 0 Å². The number of nitrogens with zero attached hydrogens (tertiary/aromatic N) is 1. The Morgan fingerprint density at radius 1 is 1.18 bits per heavy atom. The Hall–Kier alpha value is -0.900. The predicted octanol–water partition coefficient (Wildman–Crippen LogP) is 4.26. The van der Waals surface area contributed by atoms with Gasteiger partial charge < -0.3 is 5.73 Å². The van der Waals surface area contributed by atoms with E-state index in [4.69, 9.17) is 28.9 Å². The number of halogens is 2. The summed E-state index contributed by atoms with van der Waals surface area (Å²) in [5, 5.41) is 1.36. The van der Waals surface area contributed by atoms with Gasteiger partial charge in [-0.2, -0.15) is 0 Å². The second kappa shape index (κ2) is 5.63. The minimum absolute atomic E-state index is 0.664. The molecule has 0 unspecified atom stereocenters. The molecule has 1 aromatic carbocycles. The van der Waals surface area contributed by atoms with E-state index in [0.29, 0.717) is 15.7 Å². The van der Waals surface area contributed by atoms with Gasteiger partial charge in [0, 0.05) is 27.6 Å². The van der Waals surface area contributed by atoms with Gasteiger partial charge in [-0.1, -0.05) is 23.2 Å². The Kier molecular flexibility index (Phi) is 4.15. The molecule has 5 heteroatoms. The van der Waals surface area contributed by atoms with Gasteiger partial charge in [-0.3, -0.25) is 4.98 Å². The molecule has 2 rings (SSSR count). The zero-order valence-corrected chi connectivity index (χ0v) is 11.2. The first-order chi connectivity index (χ1) is 8.15. The molecule has 0 aliphatic heterocycles. The molecule has 2 nitrogen and oxygen atoms in total. The van der Waals surface area contributed by atoms with Crippen LogP contribution in [0.5, 0.6) is 0 Å². The van der Waals surface area contributed by atoms with Crippen LogP contribution in [0.25, 0.3) is 0 Å². The first-order valence-corrected chi connectivity index (χ1v) is 6.67. The second-order valence-electron chi connectivity index (χ2n) is 3.44. The van der Waals surface area contributed by atoms with Crippen molar-refractivity contribution in [3.63, 3.8) is 0 Å². The van der Waals surface area contributed by atoms with Crippen molar-refractivity contribution in [1.29, 1.82) is 0 Å². The molecule has 0 bridgehead atoms. The van der Waals surface area contributed by atoms with Crippen LogP contribution in [-0.4, -0.2) is 4.98 Å². The molecule has 2 N–H and O–H groups in total. The number of anilines is 1. The smallest absolute Gasteiger partial charge is 0.0562 e. The maximum absolute atomic E-state index is 6.08. The van der Waals surface area contributed by atoms with Crippen molar-refractivity contribution in [1.82, 2.24) is 4.98 Å². The number of rotatable bonds is 3. The van der Waals surface area contributed by atoms with E-state index < -0.39 is 0 Å². The zero-order valence-electron chi connectivity index (χ0n) is 8.86. The molecule has 0 fully saturated rings. The first kappa shape index (κ1) is 12.6. The minimum atomic E-state index is 0.664. The number of benzene rings is 1. The molecule has 2 aromatic rings. The third-order valence-corrected chi connectivity index (χ3v) is 3.88. The zero-order chi connectivity index (χ0) is 12.3. The topological polar surface area (TPSA) is 38.9 Å². The lowest BCUT2D eigenvalue weighted by molar-refractivity contribution is 1.17. The highest BCUT2D eigenvalue weighted by Crippen LogP contribution is 2.31. The summed E-state index contributed by atoms with van der Waals surface area (Å²) in [7, 11) is 0. The average molecular weight is 285 g/mol. The number of hydrogen-bond acceptors (Lipinski definition) is 3. The molecular weight excluding hydrogens is 275 g/mol. The van der Waals surface area contributed by atoms with Gasteiger partial charge in [-0.25, -0.2) is 0 Å². The van der Waals surface area contributed by atoms with Crippen molar-refractivity contribution in [2.24, 2.45) is 0 Å². The van der Waals surface area contributed by atoms with Gasteiger partial charge in [0.15, 0.2) is 0 Å². The SMILES string of the molecule is Nc1ccc(SCc2cc(Cl)ccn2)c(Cl)c1. The number of thioether (sulfide) groups is 1. The van der Waals surface area contributed by atoms with Crippen LogP contribution >= 0.6 is 35.0 Å². The summed E-state index contributed by atoms with van der Waals surface area (Å²) < 4.78 is 0. The summed E-state index contributed by atoms with van der Waals surface area (Å²) >= 11 is 13.6. The molecule has 0 spiro atoms. The van der Waals surface area contributed by atoms with Crippen LogP contribution in [0.15, 0.2) is 41.4 Å². The number of aromatic nitrogens is 1. The van der Waals surface area contributed by atoms with Gasteiger partial charge in [-0.15, -0.1) is 11.8 Å². The number of pyridine rings is 1. The van der Waals surface area contributed by atoms with Crippen LogP contribution in [0, 0.1) is 0 Å². The van der Waals surface area contributed by atoms with Crippen molar-refractivity contribution in [2.75, 3.05) is 5.73 Å². The van der Waals surface area contributed by atoms with Crippen LogP contribution in [0.4, 0.5) is 5.69 Å². The van der Waals surface area contributed by atoms with Crippen LogP contribution in [-0.2, 0) is 5.75 Å². The van der Waals surface area contributed by atoms with Gasteiger partial charge in [-0.05, 0) is 30.3 Å². The van der Waals surface area contributed by atoms with Crippen molar-refractivity contribution < 1.29 is 0 Å². The standard InChI is InChI=1S/C12H10Cl2N2S/c13-8-3-4-16-10(5-8)7-17-12-2-1-9(15)6-11(12)14/h1-6H,7,15H2. The monoisotopic (exact) mass is 284 g/mol. The van der Waals surface area contributed by atoms with E-state index in [-0.39, 0.29) is 0 Å². The predicted molar refractivity (Wildman–Crippen MR) is 74.7 cm³/mol. The molecule has 0 aliphatic rings. The quantitative estimate of drug-likeness (QED) is 0.676. The Morgan fingerprint density at radius 3 is 2.71 bits per heavy atom. The largest absolute Gasteiger partial charge is 0.399 e. The average Bonchev–Trinajstić information content (AvgIpc) is 2.28. The third kappa shape index (κ3) is 3.53. The highest BCUT2D eigenvalue weighted by atomic mass is 35.5. The summed E-state index contributed by atoms with van der Waals surface area (Å²) in [6.45, 7) is 0. The molecule has 0 amide bonds. The Balaban J connectivity index is 2.07. The van der Waals surface area contributed by atoms with E-state index in [0.717, 1.165) is 16.3 Å². The van der Waals surface area contributed by atoms with Crippen LogP contribution < -0.4 is 5.73 Å². The number of hydrogen-bond donors (Lipinski definition) is 1. The maximum Gasteiger partial charge on any atom is 0.0562 e. The van der Waals surface area contributed by atoms with Gasteiger partial charge in [0.25, 0.3) is 0 Å². The lowest BCUT2D eigenvalue weighted by Crippen LogP contribution is -1.87. The summed E-state index contributed by atoms with van der Waals surface area (Å²) in [6, 6.07) is 9.09. The van der Waals surface area contributed by atoms with E-state index >= 15 is 0 Å². The van der Waals surface area contributed by atoms with E-state index in [9.17, 15) is 0 Å². The number of nitrogen functional groups attached to an aromatic ring is 1. The van der Waals surface area contributed by atoms with Crippen LogP contribution in [0.3, 0.4) is 0 Å². The normalized spacial score (nSPS) is 10.5. The first-order valence-electron chi connectivity index (χ1n) is 4.93. The maximum atomic E-state index is 6.08. The van der Waals surface area contributed by atoms with Crippen molar-refractivity contribution >= 4 is 40.7 Å². The Labute approximate surface area is 114 Å². The van der Waals surface area contributed by atoms with Gasteiger partial charge >= 0.3 is 0 Å². The Bertz CT molecular complexity index is 532. The van der Waals surface area contributed by atoms with Crippen LogP contribution in [0.2, 0.25) is 10.0 Å². The van der Waals surface area contributed by atoms with Gasteiger partial charge in [0.1, 0.15) is 0 Å². The molecule has 0 saturated heterocycles. The highest BCUT2D eigenvalue weighted by Gasteiger charge is 2.03. The fourth-order valence-electron chi connectivity index (χ4n) is 1.31. The fraction of sp³-hybridized carbons (Fsp3) is 0.0833. The minimum Gasteiger partial charge on any atom is -0.399 e. The lowest BCUT2D eigenvalue weighted by atomic mass is 10.3. The molecule has 1 aromatic heterocycles. The molecular formula is C12H10Cl2N2S. The molecule has 88 valence electrons. The summed E-state index contributed by atoms with van der Waals surface area (Å²) in [5.41, 5.74) is 7.22. The summed E-state index contributed by atoms with van der Waals surface area (Å²) in [6.07, 6.45) is 1.70. The van der Waals surface area contributed by atoms with Crippen molar-refractivity contribution in [3.8, 4) is 0 Å². The van der Waals surface area contributed by atoms with Crippen LogP contribution in [0.1, 0.15) is 5.69 Å². The molecule has 17 heavy (non-hydrogen) atoms. The van der Waals surface area contributed by atoms with Gasteiger partial charge in [0.2, 0.25) is 0 Å². The molecule has 0 radical (unpaired) electrons.